The number of carbonyl (C=O) groups excluding carboxylic acids is 2. The van der Waals surface area contributed by atoms with Gasteiger partial charge in [0.15, 0.2) is 0 Å². The second-order valence-corrected chi connectivity index (χ2v) is 3.40. The van der Waals surface area contributed by atoms with Crippen molar-refractivity contribution in [2.75, 3.05) is 7.05 Å². The molecule has 0 aliphatic rings. The first-order valence-corrected chi connectivity index (χ1v) is 4.73. The van der Waals surface area contributed by atoms with Gasteiger partial charge in [-0.25, -0.2) is 0 Å². The Morgan fingerprint density at radius 2 is 1.88 bits per heavy atom. The standard InChI is InChI=1S/C11H10F3NO2/c1-15-4-9-8(6-17)2-7(5-16)3-10(9)11(12,13)14/h2-3,5-6,15H,4H2,1H3. The SMILES string of the molecule is CNCc1c(C=O)cc(C=O)cc1C(F)(F)F. The molecule has 0 radical (unpaired) electrons. The third-order valence-corrected chi connectivity index (χ3v) is 2.23. The predicted octanol–water partition coefficient (Wildman–Crippen LogP) is 2.05. The third kappa shape index (κ3) is 2.91. The van der Waals surface area contributed by atoms with E-state index >= 15 is 0 Å². The Morgan fingerprint density at radius 1 is 1.24 bits per heavy atom. The van der Waals surface area contributed by atoms with Crippen LogP contribution in [0.1, 0.15) is 31.8 Å². The summed E-state index contributed by atoms with van der Waals surface area (Å²) in [6, 6.07) is 1.88. The van der Waals surface area contributed by atoms with Crippen LogP contribution in [0.2, 0.25) is 0 Å². The molecule has 0 saturated heterocycles. The van der Waals surface area contributed by atoms with E-state index in [0.717, 1.165) is 12.1 Å². The Labute approximate surface area is 95.6 Å². The van der Waals surface area contributed by atoms with Gasteiger partial charge in [-0.15, -0.1) is 0 Å². The number of hydrogen-bond acceptors (Lipinski definition) is 3. The van der Waals surface area contributed by atoms with Crippen molar-refractivity contribution in [2.45, 2.75) is 12.7 Å². The zero-order valence-corrected chi connectivity index (χ0v) is 8.97. The predicted molar refractivity (Wildman–Crippen MR) is 55.0 cm³/mol. The van der Waals surface area contributed by atoms with Crippen LogP contribution in [0.25, 0.3) is 0 Å². The average Bonchev–Trinajstić information content (AvgIpc) is 2.28. The first-order valence-electron chi connectivity index (χ1n) is 4.73. The van der Waals surface area contributed by atoms with Crippen molar-refractivity contribution in [1.82, 2.24) is 5.32 Å². The van der Waals surface area contributed by atoms with E-state index in [1.165, 1.54) is 7.05 Å². The summed E-state index contributed by atoms with van der Waals surface area (Å²) in [5, 5.41) is 2.56. The van der Waals surface area contributed by atoms with E-state index in [9.17, 15) is 22.8 Å². The molecule has 0 atom stereocenters. The van der Waals surface area contributed by atoms with E-state index in [-0.39, 0.29) is 29.5 Å². The molecule has 0 amide bonds. The summed E-state index contributed by atoms with van der Waals surface area (Å²) in [7, 11) is 1.47. The van der Waals surface area contributed by atoms with E-state index < -0.39 is 11.7 Å². The molecule has 1 aromatic rings. The van der Waals surface area contributed by atoms with E-state index in [2.05, 4.69) is 5.32 Å². The number of benzene rings is 1. The number of aldehydes is 2. The van der Waals surface area contributed by atoms with Crippen molar-refractivity contribution in [3.63, 3.8) is 0 Å². The number of nitrogens with one attached hydrogen (secondary N) is 1. The minimum Gasteiger partial charge on any atom is -0.316 e. The van der Waals surface area contributed by atoms with Crippen LogP contribution >= 0.6 is 0 Å². The maximum atomic E-state index is 12.7. The van der Waals surface area contributed by atoms with Crippen molar-refractivity contribution in [1.29, 1.82) is 0 Å². The highest BCUT2D eigenvalue weighted by Gasteiger charge is 2.34. The van der Waals surface area contributed by atoms with E-state index in [1.54, 1.807) is 0 Å². The summed E-state index contributed by atoms with van der Waals surface area (Å²) >= 11 is 0. The normalized spacial score (nSPS) is 11.3. The maximum Gasteiger partial charge on any atom is 0.416 e. The molecule has 0 saturated carbocycles. The Morgan fingerprint density at radius 3 is 2.29 bits per heavy atom. The summed E-state index contributed by atoms with van der Waals surface area (Å²) in [6.45, 7) is -0.0952. The highest BCUT2D eigenvalue weighted by Crippen LogP contribution is 2.33. The molecule has 17 heavy (non-hydrogen) atoms. The molecule has 1 rings (SSSR count). The van der Waals surface area contributed by atoms with Crippen LogP contribution in [-0.4, -0.2) is 19.6 Å². The van der Waals surface area contributed by atoms with Gasteiger partial charge in [0, 0.05) is 17.7 Å². The lowest BCUT2D eigenvalue weighted by atomic mass is 9.98. The monoisotopic (exact) mass is 245 g/mol. The lowest BCUT2D eigenvalue weighted by Gasteiger charge is -2.15. The lowest BCUT2D eigenvalue weighted by Crippen LogP contribution is -2.17. The van der Waals surface area contributed by atoms with Crippen molar-refractivity contribution in [2.24, 2.45) is 0 Å². The molecule has 0 spiro atoms. The maximum absolute atomic E-state index is 12.7. The summed E-state index contributed by atoms with van der Waals surface area (Å²) in [5.74, 6) is 0. The molecule has 0 aliphatic heterocycles. The second-order valence-electron chi connectivity index (χ2n) is 3.40. The molecule has 1 N–H and O–H groups in total. The van der Waals surface area contributed by atoms with Gasteiger partial charge < -0.3 is 5.32 Å². The molecular formula is C11H10F3NO2. The molecule has 0 bridgehead atoms. The summed E-state index contributed by atoms with van der Waals surface area (Å²) in [5.41, 5.74) is -1.41. The Balaban J connectivity index is 3.51. The number of halogens is 3. The average molecular weight is 245 g/mol. The molecular weight excluding hydrogens is 235 g/mol. The topological polar surface area (TPSA) is 46.2 Å². The number of carbonyl (C=O) groups is 2. The zero-order chi connectivity index (χ0) is 13.1. The molecule has 92 valence electrons. The van der Waals surface area contributed by atoms with Crippen LogP contribution < -0.4 is 5.32 Å². The van der Waals surface area contributed by atoms with Crippen LogP contribution in [0.3, 0.4) is 0 Å². The van der Waals surface area contributed by atoms with Crippen molar-refractivity contribution in [3.05, 3.63) is 34.4 Å². The summed E-state index contributed by atoms with van der Waals surface area (Å²) < 4.78 is 38.2. The first kappa shape index (κ1) is 13.4. The van der Waals surface area contributed by atoms with Gasteiger partial charge in [0.1, 0.15) is 12.6 Å². The van der Waals surface area contributed by atoms with Gasteiger partial charge in [-0.1, -0.05) is 0 Å². The van der Waals surface area contributed by atoms with Crippen LogP contribution in [0.5, 0.6) is 0 Å². The van der Waals surface area contributed by atoms with Crippen molar-refractivity contribution < 1.29 is 22.8 Å². The highest BCUT2D eigenvalue weighted by atomic mass is 19.4. The fourth-order valence-corrected chi connectivity index (χ4v) is 1.52. The van der Waals surface area contributed by atoms with Gasteiger partial charge in [0.05, 0.1) is 5.56 Å². The van der Waals surface area contributed by atoms with E-state index in [4.69, 9.17) is 0 Å². The highest BCUT2D eigenvalue weighted by molar-refractivity contribution is 5.84. The zero-order valence-electron chi connectivity index (χ0n) is 8.97. The fraction of sp³-hybridized carbons (Fsp3) is 0.273. The molecule has 0 aromatic heterocycles. The molecule has 1 aromatic carbocycles. The molecule has 0 aliphatic carbocycles. The Bertz CT molecular complexity index is 441. The quantitative estimate of drug-likeness (QED) is 0.826. The number of hydrogen-bond donors (Lipinski definition) is 1. The van der Waals surface area contributed by atoms with E-state index in [0.29, 0.717) is 6.29 Å². The Hall–Kier alpha value is -1.69. The van der Waals surface area contributed by atoms with Gasteiger partial charge >= 0.3 is 6.18 Å². The van der Waals surface area contributed by atoms with Gasteiger partial charge in [0.25, 0.3) is 0 Å². The van der Waals surface area contributed by atoms with Crippen molar-refractivity contribution >= 4 is 12.6 Å². The lowest BCUT2D eigenvalue weighted by molar-refractivity contribution is -0.138. The number of rotatable bonds is 4. The number of alkyl halides is 3. The van der Waals surface area contributed by atoms with Gasteiger partial charge in [-0.05, 0) is 24.7 Å². The molecule has 6 heteroatoms. The summed E-state index contributed by atoms with van der Waals surface area (Å²) in [6.07, 6.45) is -4.00. The van der Waals surface area contributed by atoms with Crippen LogP contribution in [0.15, 0.2) is 12.1 Å². The minimum absolute atomic E-state index is 0.0952. The fourth-order valence-electron chi connectivity index (χ4n) is 1.52. The van der Waals surface area contributed by atoms with Crippen LogP contribution in [-0.2, 0) is 12.7 Å². The second kappa shape index (κ2) is 5.09. The largest absolute Gasteiger partial charge is 0.416 e. The summed E-state index contributed by atoms with van der Waals surface area (Å²) in [4.78, 5) is 21.3. The Kier molecular flexibility index (Phi) is 4.01. The molecule has 3 nitrogen and oxygen atoms in total. The van der Waals surface area contributed by atoms with Gasteiger partial charge in [-0.2, -0.15) is 13.2 Å². The van der Waals surface area contributed by atoms with Gasteiger partial charge in [-0.3, -0.25) is 9.59 Å². The van der Waals surface area contributed by atoms with Gasteiger partial charge in [0.2, 0.25) is 0 Å². The van der Waals surface area contributed by atoms with Crippen LogP contribution in [0, 0.1) is 0 Å². The molecule has 0 fully saturated rings. The van der Waals surface area contributed by atoms with E-state index in [1.807, 2.05) is 0 Å². The third-order valence-electron chi connectivity index (χ3n) is 2.23. The van der Waals surface area contributed by atoms with Crippen LogP contribution in [0.4, 0.5) is 13.2 Å². The molecule has 0 unspecified atom stereocenters. The smallest absolute Gasteiger partial charge is 0.316 e. The van der Waals surface area contributed by atoms with Crippen molar-refractivity contribution in [3.8, 4) is 0 Å². The molecule has 0 heterocycles. The minimum atomic E-state index is -4.59. The first-order chi connectivity index (χ1) is 7.93.